The second kappa shape index (κ2) is 5.02. The van der Waals surface area contributed by atoms with E-state index in [1.807, 2.05) is 6.92 Å². The van der Waals surface area contributed by atoms with Crippen molar-refractivity contribution in [3.8, 4) is 0 Å². The summed E-state index contributed by atoms with van der Waals surface area (Å²) in [5.41, 5.74) is 0. The van der Waals surface area contributed by atoms with Gasteiger partial charge in [0.15, 0.2) is 0 Å². The summed E-state index contributed by atoms with van der Waals surface area (Å²) in [7, 11) is 2.12. The summed E-state index contributed by atoms with van der Waals surface area (Å²) in [6, 6.07) is 0.375. The van der Waals surface area contributed by atoms with Gasteiger partial charge in [-0.15, -0.1) is 0 Å². The topological polar surface area (TPSA) is 32.3 Å². The monoisotopic (exact) mass is 182 g/mol. The summed E-state index contributed by atoms with van der Waals surface area (Å²) in [6.45, 7) is 4.02. The van der Waals surface area contributed by atoms with E-state index in [1.165, 1.54) is 0 Å². The predicted octanol–water partition coefficient (Wildman–Crippen LogP) is 0.773. The van der Waals surface area contributed by atoms with Gasteiger partial charge in [0, 0.05) is 6.04 Å². The van der Waals surface area contributed by atoms with E-state index in [9.17, 15) is 4.79 Å². The summed E-state index contributed by atoms with van der Waals surface area (Å²) in [5, 5.41) is 2.99. The molecule has 1 amide bonds. The molecule has 3 heteroatoms. The lowest BCUT2D eigenvalue weighted by Gasteiger charge is -2.29. The smallest absolute Gasteiger partial charge is 0.243 e. The average Bonchev–Trinajstić information content (AvgIpc) is 2.09. The Morgan fingerprint density at radius 1 is 1.46 bits per heavy atom. The largest absolute Gasteiger partial charge is 0.350 e. The molecule has 1 heterocycles. The number of likely N-dealkylation sites (tertiary alicyclic amines) is 1. The third kappa shape index (κ3) is 3.59. The van der Waals surface area contributed by atoms with Crippen LogP contribution in [-0.2, 0) is 4.79 Å². The highest BCUT2D eigenvalue weighted by atomic mass is 16.1. The van der Waals surface area contributed by atoms with Gasteiger partial charge in [0.1, 0.15) is 0 Å². The van der Waals surface area contributed by atoms with Gasteiger partial charge in [0.25, 0.3) is 0 Å². The van der Waals surface area contributed by atoms with E-state index in [0.29, 0.717) is 6.04 Å². The predicted molar refractivity (Wildman–Crippen MR) is 53.5 cm³/mol. The highest BCUT2D eigenvalue weighted by Gasteiger charge is 2.16. The van der Waals surface area contributed by atoms with Gasteiger partial charge < -0.3 is 10.2 Å². The zero-order valence-corrected chi connectivity index (χ0v) is 8.42. The van der Waals surface area contributed by atoms with Crippen LogP contribution in [0.2, 0.25) is 0 Å². The Morgan fingerprint density at radius 2 is 2.08 bits per heavy atom. The minimum absolute atomic E-state index is 0.0389. The van der Waals surface area contributed by atoms with E-state index in [1.54, 1.807) is 12.2 Å². The number of rotatable bonds is 2. The van der Waals surface area contributed by atoms with Crippen LogP contribution in [0.1, 0.15) is 19.8 Å². The van der Waals surface area contributed by atoms with Crippen molar-refractivity contribution in [1.82, 2.24) is 10.2 Å². The number of piperidine rings is 1. The van der Waals surface area contributed by atoms with Gasteiger partial charge in [0.2, 0.25) is 5.91 Å². The number of nitrogens with one attached hydrogen (secondary N) is 1. The molecule has 0 aromatic rings. The third-order valence-corrected chi connectivity index (χ3v) is 2.38. The van der Waals surface area contributed by atoms with Crippen LogP contribution < -0.4 is 5.32 Å². The molecule has 0 bridgehead atoms. The van der Waals surface area contributed by atoms with Gasteiger partial charge in [-0.2, -0.15) is 0 Å². The van der Waals surface area contributed by atoms with Crippen LogP contribution in [0.15, 0.2) is 12.2 Å². The first kappa shape index (κ1) is 10.3. The molecule has 0 spiro atoms. The summed E-state index contributed by atoms with van der Waals surface area (Å²) in [5.74, 6) is 0.0389. The molecule has 13 heavy (non-hydrogen) atoms. The van der Waals surface area contributed by atoms with E-state index in [0.717, 1.165) is 25.9 Å². The van der Waals surface area contributed by atoms with Crippen molar-refractivity contribution in [1.29, 1.82) is 0 Å². The fraction of sp³-hybridized carbons (Fsp3) is 0.700. The first-order chi connectivity index (χ1) is 6.22. The Hall–Kier alpha value is -0.830. The molecular weight excluding hydrogens is 164 g/mol. The lowest BCUT2D eigenvalue weighted by molar-refractivity contribution is -0.117. The van der Waals surface area contributed by atoms with Crippen LogP contribution >= 0.6 is 0 Å². The van der Waals surface area contributed by atoms with Gasteiger partial charge in [-0.25, -0.2) is 0 Å². The fourth-order valence-corrected chi connectivity index (χ4v) is 1.55. The lowest BCUT2D eigenvalue weighted by Crippen LogP contribution is -2.42. The maximum Gasteiger partial charge on any atom is 0.243 e. The van der Waals surface area contributed by atoms with E-state index >= 15 is 0 Å². The molecule has 1 saturated heterocycles. The lowest BCUT2D eigenvalue weighted by atomic mass is 10.1. The first-order valence-corrected chi connectivity index (χ1v) is 4.84. The van der Waals surface area contributed by atoms with Gasteiger partial charge >= 0.3 is 0 Å². The number of carbonyl (C=O) groups excluding carboxylic acids is 1. The second-order valence-electron chi connectivity index (χ2n) is 3.59. The quantitative estimate of drug-likeness (QED) is 0.640. The van der Waals surface area contributed by atoms with Gasteiger partial charge in [-0.05, 0) is 46.0 Å². The molecule has 74 valence electrons. The number of hydrogen-bond acceptors (Lipinski definition) is 2. The molecule has 0 aromatic heterocycles. The maximum atomic E-state index is 11.2. The molecule has 1 N–H and O–H groups in total. The van der Waals surface area contributed by atoms with Crippen LogP contribution in [0.25, 0.3) is 0 Å². The van der Waals surface area contributed by atoms with Crippen LogP contribution in [0.4, 0.5) is 0 Å². The molecular formula is C10H18N2O. The van der Waals surface area contributed by atoms with E-state index in [4.69, 9.17) is 0 Å². The van der Waals surface area contributed by atoms with Crippen molar-refractivity contribution in [3.05, 3.63) is 12.2 Å². The molecule has 0 aromatic carbocycles. The highest BCUT2D eigenvalue weighted by molar-refractivity contribution is 5.87. The SMILES string of the molecule is C/C=C/C(=O)NC1CCN(C)CC1. The standard InChI is InChI=1S/C10H18N2O/c1-3-4-10(13)11-9-5-7-12(2)8-6-9/h3-4,9H,5-8H2,1-2H3,(H,11,13)/b4-3+. The molecule has 0 saturated carbocycles. The van der Waals surface area contributed by atoms with E-state index in [2.05, 4.69) is 17.3 Å². The Kier molecular flexibility index (Phi) is 3.96. The van der Waals surface area contributed by atoms with Crippen LogP contribution in [-0.4, -0.2) is 37.0 Å². The molecule has 1 aliphatic heterocycles. The number of hydrogen-bond donors (Lipinski definition) is 1. The van der Waals surface area contributed by atoms with Crippen molar-refractivity contribution in [2.24, 2.45) is 0 Å². The van der Waals surface area contributed by atoms with Crippen molar-refractivity contribution in [3.63, 3.8) is 0 Å². The van der Waals surface area contributed by atoms with Crippen molar-refractivity contribution >= 4 is 5.91 Å². The molecule has 1 fully saturated rings. The molecule has 0 atom stereocenters. The maximum absolute atomic E-state index is 11.2. The molecule has 0 unspecified atom stereocenters. The molecule has 3 nitrogen and oxygen atoms in total. The second-order valence-corrected chi connectivity index (χ2v) is 3.59. The van der Waals surface area contributed by atoms with Crippen molar-refractivity contribution < 1.29 is 4.79 Å². The summed E-state index contributed by atoms with van der Waals surface area (Å²) < 4.78 is 0. The van der Waals surface area contributed by atoms with Gasteiger partial charge in [-0.1, -0.05) is 6.08 Å². The fourth-order valence-electron chi connectivity index (χ4n) is 1.55. The Morgan fingerprint density at radius 3 is 2.62 bits per heavy atom. The van der Waals surface area contributed by atoms with Crippen molar-refractivity contribution in [2.75, 3.05) is 20.1 Å². The summed E-state index contributed by atoms with van der Waals surface area (Å²) in [6.07, 6.45) is 5.49. The van der Waals surface area contributed by atoms with Gasteiger partial charge in [0.05, 0.1) is 0 Å². The minimum Gasteiger partial charge on any atom is -0.350 e. The number of carbonyl (C=O) groups is 1. The Balaban J connectivity index is 2.26. The average molecular weight is 182 g/mol. The van der Waals surface area contributed by atoms with Gasteiger partial charge in [-0.3, -0.25) is 4.79 Å². The number of amides is 1. The normalized spacial score (nSPS) is 20.8. The van der Waals surface area contributed by atoms with Crippen LogP contribution in [0, 0.1) is 0 Å². The Bertz CT molecular complexity index is 193. The highest BCUT2D eigenvalue weighted by Crippen LogP contribution is 2.07. The Labute approximate surface area is 79.8 Å². The number of nitrogens with zero attached hydrogens (tertiary/aromatic N) is 1. The van der Waals surface area contributed by atoms with Crippen molar-refractivity contribution in [2.45, 2.75) is 25.8 Å². The first-order valence-electron chi connectivity index (χ1n) is 4.84. The van der Waals surface area contributed by atoms with E-state index in [-0.39, 0.29) is 5.91 Å². The number of allylic oxidation sites excluding steroid dienone is 1. The molecule has 1 rings (SSSR count). The molecule has 0 aliphatic carbocycles. The van der Waals surface area contributed by atoms with Crippen LogP contribution in [0.5, 0.6) is 0 Å². The zero-order chi connectivity index (χ0) is 9.68. The summed E-state index contributed by atoms with van der Waals surface area (Å²) in [4.78, 5) is 13.5. The minimum atomic E-state index is 0.0389. The third-order valence-electron chi connectivity index (χ3n) is 2.38. The molecule has 1 aliphatic rings. The van der Waals surface area contributed by atoms with Crippen LogP contribution in [0.3, 0.4) is 0 Å². The summed E-state index contributed by atoms with van der Waals surface area (Å²) >= 11 is 0. The van der Waals surface area contributed by atoms with E-state index < -0.39 is 0 Å². The molecule has 0 radical (unpaired) electrons. The zero-order valence-electron chi connectivity index (χ0n) is 8.42.